The van der Waals surface area contributed by atoms with Crippen LogP contribution in [0.15, 0.2) is 36.7 Å². The summed E-state index contributed by atoms with van der Waals surface area (Å²) >= 11 is 5.76. The van der Waals surface area contributed by atoms with Crippen LogP contribution in [0.4, 0.5) is 5.69 Å². The summed E-state index contributed by atoms with van der Waals surface area (Å²) in [6.07, 6.45) is 3.19. The lowest BCUT2D eigenvalue weighted by atomic mass is 10.2. The molecule has 3 rings (SSSR count). The molecule has 6 nitrogen and oxygen atoms in total. The maximum atomic E-state index is 12.1. The topological polar surface area (TPSA) is 72.2 Å². The molecule has 1 N–H and O–H groups in total. The van der Waals surface area contributed by atoms with E-state index in [4.69, 9.17) is 11.6 Å². The van der Waals surface area contributed by atoms with E-state index in [-0.39, 0.29) is 11.1 Å². The molecule has 3 aromatic heterocycles. The van der Waals surface area contributed by atoms with Crippen LogP contribution < -0.4 is 5.32 Å². The van der Waals surface area contributed by atoms with Crippen LogP contribution >= 0.6 is 11.6 Å². The fourth-order valence-corrected chi connectivity index (χ4v) is 1.99. The van der Waals surface area contributed by atoms with Gasteiger partial charge in [-0.2, -0.15) is 5.10 Å². The molecule has 20 heavy (non-hydrogen) atoms. The van der Waals surface area contributed by atoms with Gasteiger partial charge in [-0.3, -0.25) is 4.79 Å². The number of anilines is 1. The molecule has 0 spiro atoms. The van der Waals surface area contributed by atoms with E-state index in [2.05, 4.69) is 20.4 Å². The summed E-state index contributed by atoms with van der Waals surface area (Å²) in [6.45, 7) is 1.81. The Morgan fingerprint density at radius 3 is 3.00 bits per heavy atom. The molecule has 100 valence electrons. The summed E-state index contributed by atoms with van der Waals surface area (Å²) in [5.41, 5.74) is 1.80. The molecule has 3 heterocycles. The number of aryl methyl sites for hydroxylation is 1. The van der Waals surface area contributed by atoms with E-state index in [9.17, 15) is 4.79 Å². The lowest BCUT2D eigenvalue weighted by molar-refractivity contribution is 0.102. The number of fused-ring (bicyclic) bond motifs is 1. The highest BCUT2D eigenvalue weighted by Crippen LogP contribution is 2.13. The lowest BCUT2D eigenvalue weighted by Gasteiger charge is -2.05. The summed E-state index contributed by atoms with van der Waals surface area (Å²) in [4.78, 5) is 20.1. The molecular formula is C13H10ClN5O. The van der Waals surface area contributed by atoms with Gasteiger partial charge in [0.15, 0.2) is 5.65 Å². The van der Waals surface area contributed by atoms with Crippen molar-refractivity contribution in [3.8, 4) is 0 Å². The average molecular weight is 288 g/mol. The summed E-state index contributed by atoms with van der Waals surface area (Å²) in [5, 5.41) is 7.24. The summed E-state index contributed by atoms with van der Waals surface area (Å²) < 4.78 is 1.62. The van der Waals surface area contributed by atoms with Crippen molar-refractivity contribution in [3.05, 3.63) is 53.2 Å². The van der Waals surface area contributed by atoms with Crippen molar-refractivity contribution >= 4 is 28.8 Å². The predicted molar refractivity (Wildman–Crippen MR) is 74.9 cm³/mol. The van der Waals surface area contributed by atoms with Crippen molar-refractivity contribution < 1.29 is 4.79 Å². The predicted octanol–water partition coefficient (Wildman–Crippen LogP) is 2.34. The molecule has 1 amide bonds. The number of nitrogens with zero attached hydrogens (tertiary/aromatic N) is 4. The number of hydrogen-bond donors (Lipinski definition) is 1. The minimum absolute atomic E-state index is 0.259. The third-order valence-electron chi connectivity index (χ3n) is 2.68. The number of amides is 1. The SMILES string of the molecule is Cc1nc2ccc(NC(=O)c3ccnc(Cl)c3)cn2n1. The van der Waals surface area contributed by atoms with Gasteiger partial charge < -0.3 is 5.32 Å². The van der Waals surface area contributed by atoms with Crippen LogP contribution in [0.5, 0.6) is 0 Å². The minimum Gasteiger partial charge on any atom is -0.321 e. The summed E-state index contributed by atoms with van der Waals surface area (Å²) in [5.74, 6) is 0.417. The Kier molecular flexibility index (Phi) is 3.08. The first-order valence-electron chi connectivity index (χ1n) is 5.88. The molecule has 0 fully saturated rings. The smallest absolute Gasteiger partial charge is 0.255 e. The number of hydrogen-bond acceptors (Lipinski definition) is 4. The second-order valence-corrected chi connectivity index (χ2v) is 4.59. The zero-order chi connectivity index (χ0) is 14.1. The Labute approximate surface area is 119 Å². The molecule has 0 aliphatic rings. The normalized spacial score (nSPS) is 10.7. The van der Waals surface area contributed by atoms with Crippen LogP contribution in [-0.4, -0.2) is 25.5 Å². The number of rotatable bonds is 2. The maximum absolute atomic E-state index is 12.1. The third-order valence-corrected chi connectivity index (χ3v) is 2.89. The van der Waals surface area contributed by atoms with Gasteiger partial charge in [0.25, 0.3) is 5.91 Å². The molecule has 0 saturated heterocycles. The highest BCUT2D eigenvalue weighted by Gasteiger charge is 2.08. The van der Waals surface area contributed by atoms with E-state index >= 15 is 0 Å². The largest absolute Gasteiger partial charge is 0.321 e. The van der Waals surface area contributed by atoms with Crippen LogP contribution in [0.2, 0.25) is 5.15 Å². The van der Waals surface area contributed by atoms with Crippen molar-refractivity contribution in [1.82, 2.24) is 19.6 Å². The standard InChI is InChI=1S/C13H10ClN5O/c1-8-16-12-3-2-10(7-19(12)18-8)17-13(20)9-4-5-15-11(14)6-9/h2-7H,1H3,(H,17,20). The van der Waals surface area contributed by atoms with E-state index in [1.807, 2.05) is 6.92 Å². The fraction of sp³-hybridized carbons (Fsp3) is 0.0769. The van der Waals surface area contributed by atoms with Crippen LogP contribution in [0.25, 0.3) is 5.65 Å². The molecular weight excluding hydrogens is 278 g/mol. The number of pyridine rings is 2. The summed E-state index contributed by atoms with van der Waals surface area (Å²) in [6, 6.07) is 6.66. The molecule has 3 aromatic rings. The Morgan fingerprint density at radius 2 is 2.20 bits per heavy atom. The van der Waals surface area contributed by atoms with E-state index in [1.165, 1.54) is 12.3 Å². The van der Waals surface area contributed by atoms with E-state index < -0.39 is 0 Å². The lowest BCUT2D eigenvalue weighted by Crippen LogP contribution is -2.12. The van der Waals surface area contributed by atoms with Crippen molar-refractivity contribution in [2.24, 2.45) is 0 Å². The van der Waals surface area contributed by atoms with Gasteiger partial charge in [0.2, 0.25) is 0 Å². The van der Waals surface area contributed by atoms with Gasteiger partial charge in [0.1, 0.15) is 11.0 Å². The molecule has 0 aromatic carbocycles. The highest BCUT2D eigenvalue weighted by atomic mass is 35.5. The van der Waals surface area contributed by atoms with E-state index in [1.54, 1.807) is 28.9 Å². The van der Waals surface area contributed by atoms with E-state index in [0.717, 1.165) is 5.65 Å². The number of carbonyl (C=O) groups excluding carboxylic acids is 1. The molecule has 0 saturated carbocycles. The fourth-order valence-electron chi connectivity index (χ4n) is 1.82. The van der Waals surface area contributed by atoms with Crippen molar-refractivity contribution in [3.63, 3.8) is 0 Å². The number of carbonyl (C=O) groups is 1. The molecule has 0 aliphatic carbocycles. The maximum Gasteiger partial charge on any atom is 0.255 e. The van der Waals surface area contributed by atoms with Gasteiger partial charge in [0.05, 0.1) is 11.9 Å². The van der Waals surface area contributed by atoms with Gasteiger partial charge in [-0.05, 0) is 31.2 Å². The van der Waals surface area contributed by atoms with Crippen LogP contribution in [0, 0.1) is 6.92 Å². The van der Waals surface area contributed by atoms with Gasteiger partial charge in [-0.1, -0.05) is 11.6 Å². The highest BCUT2D eigenvalue weighted by molar-refractivity contribution is 6.29. The zero-order valence-electron chi connectivity index (χ0n) is 10.5. The van der Waals surface area contributed by atoms with Crippen molar-refractivity contribution in [2.45, 2.75) is 6.92 Å². The van der Waals surface area contributed by atoms with Crippen LogP contribution in [0.3, 0.4) is 0 Å². The quantitative estimate of drug-likeness (QED) is 0.734. The Bertz CT molecular complexity index is 798. The third kappa shape index (κ3) is 2.46. The number of nitrogens with one attached hydrogen (secondary N) is 1. The molecule has 0 unspecified atom stereocenters. The molecule has 0 bridgehead atoms. The first-order valence-corrected chi connectivity index (χ1v) is 6.25. The Balaban J connectivity index is 1.87. The minimum atomic E-state index is -0.259. The van der Waals surface area contributed by atoms with Crippen LogP contribution in [-0.2, 0) is 0 Å². The average Bonchev–Trinajstić information content (AvgIpc) is 2.78. The zero-order valence-corrected chi connectivity index (χ0v) is 11.3. The van der Waals surface area contributed by atoms with Gasteiger partial charge in [-0.25, -0.2) is 14.5 Å². The van der Waals surface area contributed by atoms with Gasteiger partial charge in [-0.15, -0.1) is 0 Å². The van der Waals surface area contributed by atoms with Crippen molar-refractivity contribution in [2.75, 3.05) is 5.32 Å². The summed E-state index contributed by atoms with van der Waals surface area (Å²) in [7, 11) is 0. The van der Waals surface area contributed by atoms with Crippen molar-refractivity contribution in [1.29, 1.82) is 0 Å². The Morgan fingerprint density at radius 1 is 1.35 bits per heavy atom. The molecule has 0 atom stereocenters. The number of halogens is 1. The molecule has 7 heteroatoms. The second kappa shape index (κ2) is 4.90. The first kappa shape index (κ1) is 12.6. The molecule has 0 aliphatic heterocycles. The first-order chi connectivity index (χ1) is 9.61. The van der Waals surface area contributed by atoms with Gasteiger partial charge in [0, 0.05) is 11.8 Å². The van der Waals surface area contributed by atoms with E-state index in [0.29, 0.717) is 17.1 Å². The number of aromatic nitrogens is 4. The van der Waals surface area contributed by atoms with Crippen LogP contribution in [0.1, 0.15) is 16.2 Å². The molecule has 0 radical (unpaired) electrons. The van der Waals surface area contributed by atoms with Gasteiger partial charge >= 0.3 is 0 Å². The monoisotopic (exact) mass is 287 g/mol. The Hall–Kier alpha value is -2.47. The second-order valence-electron chi connectivity index (χ2n) is 4.20.